The summed E-state index contributed by atoms with van der Waals surface area (Å²) in [6.45, 7) is 12.6. The summed E-state index contributed by atoms with van der Waals surface area (Å²) < 4.78 is 0. The quantitative estimate of drug-likeness (QED) is 0.594. The molecule has 0 saturated carbocycles. The average Bonchev–Trinajstić information content (AvgIpc) is 2.38. The molecular formula is C17H38O2. The van der Waals surface area contributed by atoms with Crippen LogP contribution >= 0.6 is 0 Å². The molecule has 0 amide bonds. The Hall–Kier alpha value is -0.0800. The summed E-state index contributed by atoms with van der Waals surface area (Å²) in [6, 6.07) is 0. The third kappa shape index (κ3) is 14.1. The van der Waals surface area contributed by atoms with Crippen LogP contribution in [0.5, 0.6) is 0 Å². The van der Waals surface area contributed by atoms with Crippen molar-refractivity contribution in [3.8, 4) is 0 Å². The Morgan fingerprint density at radius 2 is 1.32 bits per heavy atom. The van der Waals surface area contributed by atoms with Gasteiger partial charge in [0.1, 0.15) is 0 Å². The van der Waals surface area contributed by atoms with Crippen LogP contribution in [0.4, 0.5) is 0 Å². The van der Waals surface area contributed by atoms with Gasteiger partial charge in [-0.15, -0.1) is 0 Å². The number of hydrogen-bond acceptors (Lipinski definition) is 2. The molecule has 3 atom stereocenters. The first-order valence-corrected chi connectivity index (χ1v) is 8.26. The number of aliphatic hydroxyl groups is 2. The van der Waals surface area contributed by atoms with Gasteiger partial charge in [-0.05, 0) is 31.1 Å². The average molecular weight is 274 g/mol. The van der Waals surface area contributed by atoms with E-state index in [9.17, 15) is 10.2 Å². The monoisotopic (exact) mass is 274 g/mol. The summed E-state index contributed by atoms with van der Waals surface area (Å²) in [5.41, 5.74) is 0. The second-order valence-electron chi connectivity index (χ2n) is 6.05. The lowest BCUT2D eigenvalue weighted by molar-refractivity contribution is 0.107. The van der Waals surface area contributed by atoms with Gasteiger partial charge in [-0.2, -0.15) is 0 Å². The fourth-order valence-corrected chi connectivity index (χ4v) is 1.99. The zero-order chi connectivity index (χ0) is 15.3. The molecule has 0 aromatic rings. The van der Waals surface area contributed by atoms with Crippen molar-refractivity contribution in [1.29, 1.82) is 0 Å². The van der Waals surface area contributed by atoms with Gasteiger partial charge in [-0.1, -0.05) is 67.2 Å². The maximum atomic E-state index is 9.35. The van der Waals surface area contributed by atoms with Crippen molar-refractivity contribution in [2.24, 2.45) is 11.8 Å². The Morgan fingerprint density at radius 3 is 1.68 bits per heavy atom. The van der Waals surface area contributed by atoms with Crippen LogP contribution in [0.3, 0.4) is 0 Å². The molecule has 0 aliphatic carbocycles. The fraction of sp³-hybridized carbons (Fsp3) is 1.00. The smallest absolute Gasteiger partial charge is 0.0563 e. The Morgan fingerprint density at radius 1 is 0.737 bits per heavy atom. The van der Waals surface area contributed by atoms with E-state index >= 15 is 0 Å². The van der Waals surface area contributed by atoms with Gasteiger partial charge < -0.3 is 10.2 Å². The van der Waals surface area contributed by atoms with Crippen molar-refractivity contribution in [3.05, 3.63) is 0 Å². The molecule has 0 bridgehead atoms. The largest absolute Gasteiger partial charge is 0.393 e. The molecule has 0 aromatic heterocycles. The Labute approximate surface area is 121 Å². The molecule has 0 spiro atoms. The van der Waals surface area contributed by atoms with Gasteiger partial charge in [0.15, 0.2) is 0 Å². The topological polar surface area (TPSA) is 40.5 Å². The summed E-state index contributed by atoms with van der Waals surface area (Å²) >= 11 is 0. The van der Waals surface area contributed by atoms with Gasteiger partial charge in [0.25, 0.3) is 0 Å². The Bertz CT molecular complexity index is 169. The first-order chi connectivity index (χ1) is 8.90. The summed E-state index contributed by atoms with van der Waals surface area (Å²) in [7, 11) is 0. The SMILES string of the molecule is CCCC(C)C(O)CC.CCCCCC(O)C(C)C. The normalized spacial score (nSPS) is 15.6. The number of aliphatic hydroxyl groups excluding tert-OH is 2. The van der Waals surface area contributed by atoms with Crippen molar-refractivity contribution in [1.82, 2.24) is 0 Å². The van der Waals surface area contributed by atoms with Crippen molar-refractivity contribution in [2.75, 3.05) is 0 Å². The van der Waals surface area contributed by atoms with E-state index in [0.717, 1.165) is 19.3 Å². The van der Waals surface area contributed by atoms with Crippen LogP contribution in [0.15, 0.2) is 0 Å². The van der Waals surface area contributed by atoms with Crippen molar-refractivity contribution in [2.45, 2.75) is 98.7 Å². The molecule has 0 aliphatic rings. The first-order valence-electron chi connectivity index (χ1n) is 8.26. The van der Waals surface area contributed by atoms with E-state index < -0.39 is 0 Å². The molecule has 2 nitrogen and oxygen atoms in total. The van der Waals surface area contributed by atoms with E-state index in [0.29, 0.717) is 11.8 Å². The third-order valence-corrected chi connectivity index (χ3v) is 3.69. The summed E-state index contributed by atoms with van der Waals surface area (Å²) in [4.78, 5) is 0. The zero-order valence-electron chi connectivity index (χ0n) is 14.2. The van der Waals surface area contributed by atoms with E-state index in [-0.39, 0.29) is 12.2 Å². The van der Waals surface area contributed by atoms with Crippen LogP contribution in [0.1, 0.15) is 86.5 Å². The molecule has 2 N–H and O–H groups in total. The molecule has 0 rings (SSSR count). The second-order valence-corrected chi connectivity index (χ2v) is 6.05. The maximum Gasteiger partial charge on any atom is 0.0563 e. The van der Waals surface area contributed by atoms with E-state index in [2.05, 4.69) is 34.6 Å². The minimum atomic E-state index is -0.0788. The van der Waals surface area contributed by atoms with Gasteiger partial charge in [0.2, 0.25) is 0 Å². The lowest BCUT2D eigenvalue weighted by atomic mass is 9.98. The summed E-state index contributed by atoms with van der Waals surface area (Å²) in [6.07, 6.45) is 7.71. The molecule has 19 heavy (non-hydrogen) atoms. The molecule has 0 aromatic carbocycles. The minimum absolute atomic E-state index is 0.0773. The van der Waals surface area contributed by atoms with E-state index in [1.54, 1.807) is 0 Å². The number of unbranched alkanes of at least 4 members (excludes halogenated alkanes) is 2. The van der Waals surface area contributed by atoms with Gasteiger partial charge in [0.05, 0.1) is 12.2 Å². The fourth-order valence-electron chi connectivity index (χ4n) is 1.99. The van der Waals surface area contributed by atoms with Gasteiger partial charge >= 0.3 is 0 Å². The molecule has 0 heterocycles. The highest BCUT2D eigenvalue weighted by molar-refractivity contribution is 4.61. The Kier molecular flexibility index (Phi) is 16.0. The highest BCUT2D eigenvalue weighted by Crippen LogP contribution is 2.12. The summed E-state index contributed by atoms with van der Waals surface area (Å²) in [5.74, 6) is 0.914. The van der Waals surface area contributed by atoms with Crippen LogP contribution in [-0.4, -0.2) is 22.4 Å². The molecular weight excluding hydrogens is 236 g/mol. The molecule has 0 radical (unpaired) electrons. The third-order valence-electron chi connectivity index (χ3n) is 3.69. The molecule has 0 aliphatic heterocycles. The highest BCUT2D eigenvalue weighted by Gasteiger charge is 2.09. The predicted octanol–water partition coefficient (Wildman–Crippen LogP) is 4.78. The lowest BCUT2D eigenvalue weighted by Crippen LogP contribution is -2.15. The molecule has 0 fully saturated rings. The number of hydrogen-bond donors (Lipinski definition) is 2. The van der Waals surface area contributed by atoms with Crippen molar-refractivity contribution < 1.29 is 10.2 Å². The predicted molar refractivity (Wildman–Crippen MR) is 85.4 cm³/mol. The summed E-state index contributed by atoms with van der Waals surface area (Å²) in [5, 5.41) is 18.6. The van der Waals surface area contributed by atoms with Crippen LogP contribution in [0, 0.1) is 11.8 Å². The van der Waals surface area contributed by atoms with Gasteiger partial charge in [0, 0.05) is 0 Å². The standard InChI is InChI=1S/C9H20O.C8H18O/c1-4-5-6-7-9(10)8(2)3;1-4-6-7(3)8(9)5-2/h8-10H,4-7H2,1-3H3;7-9H,4-6H2,1-3H3. The van der Waals surface area contributed by atoms with E-state index in [1.165, 1.54) is 25.7 Å². The minimum Gasteiger partial charge on any atom is -0.393 e. The van der Waals surface area contributed by atoms with Crippen molar-refractivity contribution in [3.63, 3.8) is 0 Å². The Balaban J connectivity index is 0. The van der Waals surface area contributed by atoms with Crippen molar-refractivity contribution >= 4 is 0 Å². The van der Waals surface area contributed by atoms with Crippen LogP contribution < -0.4 is 0 Å². The molecule has 0 saturated heterocycles. The lowest BCUT2D eigenvalue weighted by Gasteiger charge is -2.15. The van der Waals surface area contributed by atoms with E-state index in [1.807, 2.05) is 6.92 Å². The van der Waals surface area contributed by atoms with Crippen LogP contribution in [0.25, 0.3) is 0 Å². The van der Waals surface area contributed by atoms with Crippen LogP contribution in [0.2, 0.25) is 0 Å². The van der Waals surface area contributed by atoms with Gasteiger partial charge in [-0.25, -0.2) is 0 Å². The molecule has 3 unspecified atom stereocenters. The van der Waals surface area contributed by atoms with Crippen LogP contribution in [-0.2, 0) is 0 Å². The maximum absolute atomic E-state index is 9.35. The van der Waals surface area contributed by atoms with Gasteiger partial charge in [-0.3, -0.25) is 0 Å². The van der Waals surface area contributed by atoms with E-state index in [4.69, 9.17) is 0 Å². The first kappa shape index (κ1) is 21.2. The second kappa shape index (κ2) is 14.3. The molecule has 2 heteroatoms. The zero-order valence-corrected chi connectivity index (χ0v) is 14.2. The number of rotatable bonds is 9. The molecule has 118 valence electrons. The highest BCUT2D eigenvalue weighted by atomic mass is 16.3.